The molecule has 0 saturated carbocycles. The third-order valence-corrected chi connectivity index (χ3v) is 5.01. The highest BCUT2D eigenvalue weighted by atomic mass is 16.2. The number of primary amides is 1. The Hall–Kier alpha value is -2.90. The van der Waals surface area contributed by atoms with Crippen LogP contribution in [0.1, 0.15) is 37.7 Å². The van der Waals surface area contributed by atoms with Crippen molar-refractivity contribution in [1.82, 2.24) is 15.3 Å². The molecular weight excluding hydrogens is 348 g/mol. The number of hydrazine groups is 1. The molecule has 3 rings (SSSR count). The molecule has 27 heavy (non-hydrogen) atoms. The first kappa shape index (κ1) is 18.9. The standard InChI is InChI=1S/C19H24N4O4/c20-18(26)15-7-4-12-22-17(25)11-9-14(19(27)23(15)22)21-16(24)10-8-13-5-2-1-3-6-13/h1-3,5-6,14-15H,4,7-12H2,(H2,20,26)(H,21,24). The number of nitrogens with zero attached hydrogens (tertiary/aromatic N) is 2. The molecule has 2 unspecified atom stereocenters. The minimum atomic E-state index is -0.850. The van der Waals surface area contributed by atoms with E-state index in [4.69, 9.17) is 5.73 Å². The molecule has 0 spiro atoms. The van der Waals surface area contributed by atoms with Crippen molar-refractivity contribution in [2.45, 2.75) is 50.6 Å². The number of hydrogen-bond acceptors (Lipinski definition) is 4. The van der Waals surface area contributed by atoms with Gasteiger partial charge < -0.3 is 11.1 Å². The number of amides is 4. The van der Waals surface area contributed by atoms with E-state index in [-0.39, 0.29) is 31.1 Å². The molecule has 0 radical (unpaired) electrons. The van der Waals surface area contributed by atoms with Gasteiger partial charge in [-0.2, -0.15) is 0 Å². The summed E-state index contributed by atoms with van der Waals surface area (Å²) in [6.07, 6.45) is 2.18. The number of nitrogens with one attached hydrogen (secondary N) is 1. The number of carbonyl (C=O) groups is 4. The van der Waals surface area contributed by atoms with E-state index < -0.39 is 23.9 Å². The largest absolute Gasteiger partial charge is 0.368 e. The molecule has 1 aromatic carbocycles. The molecule has 144 valence electrons. The monoisotopic (exact) mass is 372 g/mol. The van der Waals surface area contributed by atoms with Crippen LogP contribution in [-0.4, -0.2) is 52.3 Å². The lowest BCUT2D eigenvalue weighted by Gasteiger charge is -2.42. The molecule has 0 aliphatic carbocycles. The van der Waals surface area contributed by atoms with Gasteiger partial charge in [-0.05, 0) is 31.2 Å². The fraction of sp³-hybridized carbons (Fsp3) is 0.474. The van der Waals surface area contributed by atoms with Crippen LogP contribution in [0.25, 0.3) is 0 Å². The molecule has 1 aromatic rings. The molecule has 3 N–H and O–H groups in total. The summed E-state index contributed by atoms with van der Waals surface area (Å²) in [4.78, 5) is 49.4. The molecule has 8 heteroatoms. The maximum Gasteiger partial charge on any atom is 0.264 e. The van der Waals surface area contributed by atoms with Gasteiger partial charge in [0, 0.05) is 19.4 Å². The summed E-state index contributed by atoms with van der Waals surface area (Å²) in [6.45, 7) is 0.378. The lowest BCUT2D eigenvalue weighted by atomic mass is 10.1. The van der Waals surface area contributed by atoms with Gasteiger partial charge in [-0.15, -0.1) is 0 Å². The molecule has 8 nitrogen and oxygen atoms in total. The molecule has 2 heterocycles. The van der Waals surface area contributed by atoms with Crippen LogP contribution in [0, 0.1) is 0 Å². The Bertz CT molecular complexity index is 736. The van der Waals surface area contributed by atoms with Gasteiger partial charge in [-0.25, -0.2) is 5.01 Å². The summed E-state index contributed by atoms with van der Waals surface area (Å²) in [5, 5.41) is 5.22. The fourth-order valence-electron chi connectivity index (χ4n) is 3.60. The number of nitrogens with two attached hydrogens (primary N) is 1. The molecular formula is C19H24N4O4. The highest BCUT2D eigenvalue weighted by Gasteiger charge is 2.43. The molecule has 2 aliphatic rings. The highest BCUT2D eigenvalue weighted by molar-refractivity contribution is 5.95. The topological polar surface area (TPSA) is 113 Å². The van der Waals surface area contributed by atoms with E-state index in [2.05, 4.69) is 5.32 Å². The average Bonchev–Trinajstić information content (AvgIpc) is 2.79. The molecule has 2 aliphatic heterocycles. The summed E-state index contributed by atoms with van der Waals surface area (Å²) in [5.74, 6) is -1.57. The summed E-state index contributed by atoms with van der Waals surface area (Å²) < 4.78 is 0. The lowest BCUT2D eigenvalue weighted by molar-refractivity contribution is -0.175. The Morgan fingerprint density at radius 2 is 1.89 bits per heavy atom. The molecule has 2 saturated heterocycles. The Balaban J connectivity index is 1.68. The zero-order valence-corrected chi connectivity index (χ0v) is 15.1. The number of hydrogen-bond donors (Lipinski definition) is 2. The van der Waals surface area contributed by atoms with Crippen LogP contribution in [0.3, 0.4) is 0 Å². The van der Waals surface area contributed by atoms with Crippen molar-refractivity contribution in [3.63, 3.8) is 0 Å². The zero-order chi connectivity index (χ0) is 19.4. The van der Waals surface area contributed by atoms with E-state index in [1.54, 1.807) is 0 Å². The second-order valence-corrected chi connectivity index (χ2v) is 6.90. The number of carbonyl (C=O) groups excluding carboxylic acids is 4. The average molecular weight is 372 g/mol. The number of benzene rings is 1. The summed E-state index contributed by atoms with van der Waals surface area (Å²) in [7, 11) is 0. The van der Waals surface area contributed by atoms with E-state index in [0.717, 1.165) is 5.56 Å². The van der Waals surface area contributed by atoms with Gasteiger partial charge in [0.2, 0.25) is 17.7 Å². The van der Waals surface area contributed by atoms with Gasteiger partial charge in [-0.1, -0.05) is 30.3 Å². The van der Waals surface area contributed by atoms with E-state index in [9.17, 15) is 19.2 Å². The van der Waals surface area contributed by atoms with Crippen LogP contribution in [0.4, 0.5) is 0 Å². The van der Waals surface area contributed by atoms with Gasteiger partial charge in [0.25, 0.3) is 5.91 Å². The van der Waals surface area contributed by atoms with Crippen LogP contribution in [0.2, 0.25) is 0 Å². The summed E-state index contributed by atoms with van der Waals surface area (Å²) >= 11 is 0. The van der Waals surface area contributed by atoms with Gasteiger partial charge in [-0.3, -0.25) is 24.2 Å². The predicted octanol–water partition coefficient (Wildman–Crippen LogP) is 0.118. The van der Waals surface area contributed by atoms with E-state index in [0.29, 0.717) is 25.8 Å². The zero-order valence-electron chi connectivity index (χ0n) is 15.1. The van der Waals surface area contributed by atoms with Gasteiger partial charge in [0.05, 0.1) is 0 Å². The van der Waals surface area contributed by atoms with Crippen LogP contribution in [0.15, 0.2) is 30.3 Å². The second-order valence-electron chi connectivity index (χ2n) is 6.90. The van der Waals surface area contributed by atoms with Crippen molar-refractivity contribution < 1.29 is 19.2 Å². The molecule has 4 amide bonds. The first-order valence-electron chi connectivity index (χ1n) is 9.23. The van der Waals surface area contributed by atoms with Gasteiger partial charge in [0.15, 0.2) is 0 Å². The van der Waals surface area contributed by atoms with Crippen molar-refractivity contribution in [1.29, 1.82) is 0 Å². The van der Waals surface area contributed by atoms with Crippen LogP contribution < -0.4 is 11.1 Å². The first-order chi connectivity index (χ1) is 13.0. The van der Waals surface area contributed by atoms with E-state index in [1.807, 2.05) is 30.3 Å². The number of rotatable bonds is 5. The smallest absolute Gasteiger partial charge is 0.264 e. The molecule has 0 bridgehead atoms. The summed E-state index contributed by atoms with van der Waals surface area (Å²) in [6, 6.07) is 7.91. The third-order valence-electron chi connectivity index (χ3n) is 5.01. The molecule has 0 aromatic heterocycles. The highest BCUT2D eigenvalue weighted by Crippen LogP contribution is 2.24. The number of fused-ring (bicyclic) bond motifs is 1. The van der Waals surface area contributed by atoms with E-state index in [1.165, 1.54) is 10.0 Å². The van der Waals surface area contributed by atoms with Crippen LogP contribution >= 0.6 is 0 Å². The summed E-state index contributed by atoms with van der Waals surface area (Å²) in [5.41, 5.74) is 6.47. The van der Waals surface area contributed by atoms with Gasteiger partial charge in [0.1, 0.15) is 12.1 Å². The minimum absolute atomic E-state index is 0.136. The molecule has 2 fully saturated rings. The Kier molecular flexibility index (Phi) is 5.73. The third kappa shape index (κ3) is 4.27. The van der Waals surface area contributed by atoms with Gasteiger partial charge >= 0.3 is 0 Å². The Morgan fingerprint density at radius 3 is 2.59 bits per heavy atom. The quantitative estimate of drug-likeness (QED) is 0.764. The van der Waals surface area contributed by atoms with Crippen molar-refractivity contribution in [2.75, 3.05) is 6.54 Å². The predicted molar refractivity (Wildman–Crippen MR) is 96.7 cm³/mol. The lowest BCUT2D eigenvalue weighted by Crippen LogP contribution is -2.63. The van der Waals surface area contributed by atoms with Crippen molar-refractivity contribution in [3.05, 3.63) is 35.9 Å². The first-order valence-corrected chi connectivity index (χ1v) is 9.23. The fourth-order valence-corrected chi connectivity index (χ4v) is 3.60. The maximum atomic E-state index is 13.0. The van der Waals surface area contributed by atoms with Crippen LogP contribution in [-0.2, 0) is 25.6 Å². The SMILES string of the molecule is NC(=O)C1CCCN2C(=O)CCC(NC(=O)CCc3ccccc3)C(=O)N12. The van der Waals surface area contributed by atoms with Crippen molar-refractivity contribution >= 4 is 23.6 Å². The maximum absolute atomic E-state index is 13.0. The normalized spacial score (nSPS) is 22.8. The minimum Gasteiger partial charge on any atom is -0.368 e. The number of aryl methyl sites for hydroxylation is 1. The second kappa shape index (κ2) is 8.20. The Morgan fingerprint density at radius 1 is 1.15 bits per heavy atom. The van der Waals surface area contributed by atoms with Crippen LogP contribution in [0.5, 0.6) is 0 Å². The molecule has 2 atom stereocenters. The van der Waals surface area contributed by atoms with Crippen molar-refractivity contribution in [2.24, 2.45) is 5.73 Å². The van der Waals surface area contributed by atoms with Crippen molar-refractivity contribution in [3.8, 4) is 0 Å². The Labute approximate surface area is 157 Å². The van der Waals surface area contributed by atoms with E-state index >= 15 is 0 Å².